The maximum atomic E-state index is 13.7. The number of amides is 1. The predicted octanol–water partition coefficient (Wildman–Crippen LogP) is 8.14. The van der Waals surface area contributed by atoms with Crippen molar-refractivity contribution in [2.45, 2.75) is 58.5 Å². The highest BCUT2D eigenvalue weighted by Gasteiger charge is 2.29. The van der Waals surface area contributed by atoms with E-state index in [0.717, 1.165) is 48.2 Å². The lowest BCUT2D eigenvalue weighted by Gasteiger charge is -2.35. The lowest BCUT2D eigenvalue weighted by atomic mass is 9.96. The number of nitrogens with one attached hydrogen (secondary N) is 1. The molecule has 0 aliphatic carbocycles. The van der Waals surface area contributed by atoms with Crippen molar-refractivity contribution in [3.05, 3.63) is 52.8 Å². The topological polar surface area (TPSA) is 32.3 Å². The standard InChI is InChI=1S/C12H12Br2FNO.C10H10Br2FN/c1-6-3-4-8-10(16(6)7(2)17)5-9(13)12(15)11(8)14;1-5-2-3-6-8(14-5)4-7(11)10(13)9(6)12/h5-6H,3-4H2,1-2H3;4-5,14H,2-3H2,1H3. The Labute approximate surface area is 214 Å². The summed E-state index contributed by atoms with van der Waals surface area (Å²) in [4.78, 5) is 13.4. The van der Waals surface area contributed by atoms with Crippen molar-refractivity contribution in [3.8, 4) is 0 Å². The Morgan fingerprint density at radius 2 is 1.52 bits per heavy atom. The van der Waals surface area contributed by atoms with Crippen LogP contribution >= 0.6 is 63.7 Å². The first-order chi connectivity index (χ1) is 14.5. The Balaban J connectivity index is 0.000000179. The van der Waals surface area contributed by atoms with E-state index >= 15 is 0 Å². The largest absolute Gasteiger partial charge is 0.382 e. The average Bonchev–Trinajstić information content (AvgIpc) is 2.70. The van der Waals surface area contributed by atoms with Crippen LogP contribution in [0, 0.1) is 11.6 Å². The molecule has 0 saturated carbocycles. The van der Waals surface area contributed by atoms with Crippen LogP contribution in [0.3, 0.4) is 0 Å². The van der Waals surface area contributed by atoms with Crippen molar-refractivity contribution in [2.75, 3.05) is 10.2 Å². The first-order valence-corrected chi connectivity index (χ1v) is 13.1. The maximum Gasteiger partial charge on any atom is 0.224 e. The molecule has 2 unspecified atom stereocenters. The fraction of sp³-hybridized carbons (Fsp3) is 0.409. The van der Waals surface area contributed by atoms with Gasteiger partial charge >= 0.3 is 0 Å². The summed E-state index contributed by atoms with van der Waals surface area (Å²) >= 11 is 12.9. The van der Waals surface area contributed by atoms with E-state index in [1.165, 1.54) is 6.92 Å². The van der Waals surface area contributed by atoms with Crippen LogP contribution in [0.25, 0.3) is 0 Å². The van der Waals surface area contributed by atoms with Crippen LogP contribution in [0.5, 0.6) is 0 Å². The SMILES string of the molecule is CC(=O)N1c2cc(Br)c(F)c(Br)c2CCC1C.CC1CCc2c(cc(Br)c(F)c2Br)N1. The molecule has 1 amide bonds. The van der Waals surface area contributed by atoms with E-state index in [-0.39, 0.29) is 23.6 Å². The minimum atomic E-state index is -0.304. The summed E-state index contributed by atoms with van der Waals surface area (Å²) in [6, 6.07) is 4.12. The number of carbonyl (C=O) groups excluding carboxylic acids is 1. The normalized spacial score (nSPS) is 19.6. The Morgan fingerprint density at radius 3 is 2.13 bits per heavy atom. The van der Waals surface area contributed by atoms with Gasteiger partial charge in [-0.3, -0.25) is 4.79 Å². The van der Waals surface area contributed by atoms with Gasteiger partial charge in [0.25, 0.3) is 0 Å². The van der Waals surface area contributed by atoms with E-state index in [4.69, 9.17) is 0 Å². The molecule has 4 rings (SSSR count). The highest BCUT2D eigenvalue weighted by Crippen LogP contribution is 2.40. The molecule has 0 aromatic heterocycles. The summed E-state index contributed by atoms with van der Waals surface area (Å²) < 4.78 is 29.2. The molecule has 1 N–H and O–H groups in total. The third kappa shape index (κ3) is 5.20. The summed E-state index contributed by atoms with van der Waals surface area (Å²) in [5.41, 5.74) is 3.75. The molecule has 31 heavy (non-hydrogen) atoms. The molecule has 2 aliphatic heterocycles. The lowest BCUT2D eigenvalue weighted by Crippen LogP contribution is -2.41. The maximum absolute atomic E-state index is 13.7. The monoisotopic (exact) mass is 684 g/mol. The molecule has 0 spiro atoms. The van der Waals surface area contributed by atoms with Gasteiger partial charge in [-0.05, 0) is 127 Å². The van der Waals surface area contributed by atoms with Crippen LogP contribution in [0.2, 0.25) is 0 Å². The molecular formula is C22H22Br4F2N2O. The predicted molar refractivity (Wildman–Crippen MR) is 136 cm³/mol. The summed E-state index contributed by atoms with van der Waals surface area (Å²) in [6.45, 7) is 5.68. The number of carbonyl (C=O) groups is 1. The molecule has 9 heteroatoms. The van der Waals surface area contributed by atoms with E-state index in [0.29, 0.717) is 23.9 Å². The van der Waals surface area contributed by atoms with E-state index < -0.39 is 0 Å². The van der Waals surface area contributed by atoms with Gasteiger partial charge in [-0.15, -0.1) is 0 Å². The van der Waals surface area contributed by atoms with Gasteiger partial charge in [0, 0.05) is 30.4 Å². The molecule has 0 bridgehead atoms. The second kappa shape index (κ2) is 10.2. The Morgan fingerprint density at radius 1 is 0.968 bits per heavy atom. The molecular weight excluding hydrogens is 666 g/mol. The van der Waals surface area contributed by atoms with E-state index in [2.05, 4.69) is 76.0 Å². The summed E-state index contributed by atoms with van der Waals surface area (Å²) in [7, 11) is 0. The molecule has 0 fully saturated rings. The fourth-order valence-electron chi connectivity index (χ4n) is 3.98. The van der Waals surface area contributed by atoms with Gasteiger partial charge in [-0.2, -0.15) is 0 Å². The van der Waals surface area contributed by atoms with E-state index in [9.17, 15) is 13.6 Å². The van der Waals surface area contributed by atoms with Gasteiger partial charge < -0.3 is 10.2 Å². The van der Waals surface area contributed by atoms with Gasteiger partial charge in [0.15, 0.2) is 11.6 Å². The first-order valence-electron chi connectivity index (χ1n) is 9.92. The lowest BCUT2D eigenvalue weighted by molar-refractivity contribution is -0.117. The molecule has 0 saturated heterocycles. The van der Waals surface area contributed by atoms with Crippen LogP contribution in [-0.4, -0.2) is 18.0 Å². The minimum absolute atomic E-state index is 0.0103. The molecule has 168 valence electrons. The van der Waals surface area contributed by atoms with Crippen molar-refractivity contribution < 1.29 is 13.6 Å². The average molecular weight is 688 g/mol. The van der Waals surface area contributed by atoms with Crippen LogP contribution in [0.1, 0.15) is 44.7 Å². The summed E-state index contributed by atoms with van der Waals surface area (Å²) in [5, 5.41) is 3.34. The number of hydrogen-bond acceptors (Lipinski definition) is 2. The summed E-state index contributed by atoms with van der Waals surface area (Å²) in [6.07, 6.45) is 3.61. The van der Waals surface area contributed by atoms with Crippen LogP contribution in [-0.2, 0) is 17.6 Å². The Bertz CT molecular complexity index is 1030. The number of anilines is 2. The van der Waals surface area contributed by atoms with Gasteiger partial charge in [-0.1, -0.05) is 0 Å². The number of benzene rings is 2. The summed E-state index contributed by atoms with van der Waals surface area (Å²) in [5.74, 6) is -0.522. The highest BCUT2D eigenvalue weighted by atomic mass is 79.9. The first kappa shape index (κ1) is 25.1. The third-order valence-corrected chi connectivity index (χ3v) is 8.39. The smallest absolute Gasteiger partial charge is 0.224 e. The van der Waals surface area contributed by atoms with Crippen molar-refractivity contribution in [1.29, 1.82) is 0 Å². The molecule has 2 aromatic carbocycles. The molecule has 2 heterocycles. The zero-order chi connectivity index (χ0) is 23.0. The second-order valence-corrected chi connectivity index (χ2v) is 11.2. The third-order valence-electron chi connectivity index (χ3n) is 5.58. The zero-order valence-electron chi connectivity index (χ0n) is 17.3. The van der Waals surface area contributed by atoms with Crippen LogP contribution in [0.15, 0.2) is 30.0 Å². The fourth-order valence-corrected chi connectivity index (χ4v) is 6.59. The molecule has 2 aliphatic rings. The number of hydrogen-bond donors (Lipinski definition) is 1. The highest BCUT2D eigenvalue weighted by molar-refractivity contribution is 9.11. The van der Waals surface area contributed by atoms with Crippen molar-refractivity contribution in [3.63, 3.8) is 0 Å². The van der Waals surface area contributed by atoms with Crippen molar-refractivity contribution >= 4 is 81.0 Å². The van der Waals surface area contributed by atoms with E-state index in [1.807, 2.05) is 13.0 Å². The number of fused-ring (bicyclic) bond motifs is 2. The second-order valence-electron chi connectivity index (χ2n) is 7.86. The number of rotatable bonds is 0. The van der Waals surface area contributed by atoms with Gasteiger partial charge in [0.05, 0.1) is 17.9 Å². The Kier molecular flexibility index (Phi) is 8.25. The zero-order valence-corrected chi connectivity index (χ0v) is 23.6. The van der Waals surface area contributed by atoms with Crippen LogP contribution in [0.4, 0.5) is 20.2 Å². The molecule has 3 nitrogen and oxygen atoms in total. The van der Waals surface area contributed by atoms with E-state index in [1.54, 1.807) is 11.0 Å². The van der Waals surface area contributed by atoms with Gasteiger partial charge in [0.2, 0.25) is 5.91 Å². The van der Waals surface area contributed by atoms with Crippen molar-refractivity contribution in [1.82, 2.24) is 0 Å². The molecule has 2 atom stereocenters. The molecule has 2 aromatic rings. The quantitative estimate of drug-likeness (QED) is 0.284. The number of halogens is 6. The molecule has 0 radical (unpaired) electrons. The van der Waals surface area contributed by atoms with Gasteiger partial charge in [-0.25, -0.2) is 8.78 Å². The van der Waals surface area contributed by atoms with Crippen LogP contribution < -0.4 is 10.2 Å². The minimum Gasteiger partial charge on any atom is -0.382 e. The Hall–Kier alpha value is -0.510. The number of nitrogens with zero attached hydrogens (tertiary/aromatic N) is 1. The van der Waals surface area contributed by atoms with Crippen molar-refractivity contribution in [2.24, 2.45) is 0 Å². The van der Waals surface area contributed by atoms with Gasteiger partial charge in [0.1, 0.15) is 0 Å².